The van der Waals surface area contributed by atoms with Crippen molar-refractivity contribution >= 4 is 0 Å². The van der Waals surface area contributed by atoms with E-state index in [1.165, 1.54) is 17.3 Å². The fraction of sp³-hybridized carbons (Fsp3) is 0.107. The summed E-state index contributed by atoms with van der Waals surface area (Å²) in [6.45, 7) is 1.08. The summed E-state index contributed by atoms with van der Waals surface area (Å²) in [5, 5.41) is 4.41. The van der Waals surface area contributed by atoms with Crippen molar-refractivity contribution in [1.29, 1.82) is 0 Å². The third kappa shape index (κ3) is 5.16. The molecule has 0 saturated heterocycles. The molecule has 4 aromatic rings. The first kappa shape index (κ1) is 24.7. The summed E-state index contributed by atoms with van der Waals surface area (Å²) in [6, 6.07) is 24.7. The first-order valence-corrected chi connectivity index (χ1v) is 10.8. The zero-order chi connectivity index (χ0) is 23.5. The Bertz CT molecular complexity index is 1340. The van der Waals surface area contributed by atoms with Crippen LogP contribution in [-0.2, 0) is 26.5 Å². The average Bonchev–Trinajstić information content (AvgIpc) is 3.37. The Hall–Kier alpha value is -3.41. The van der Waals surface area contributed by atoms with Crippen LogP contribution in [0, 0.1) is 29.6 Å². The second kappa shape index (κ2) is 10.9. The Kier molecular flexibility index (Phi) is 7.69. The van der Waals surface area contributed by atoms with Gasteiger partial charge in [0.05, 0.1) is 11.6 Å². The molecular weight excluding hydrogens is 628 g/mol. The van der Waals surface area contributed by atoms with Crippen LogP contribution in [0.5, 0.6) is 0 Å². The first-order valence-electron chi connectivity index (χ1n) is 10.8. The third-order valence-corrected chi connectivity index (χ3v) is 5.74. The van der Waals surface area contributed by atoms with E-state index in [0.29, 0.717) is 11.6 Å². The Morgan fingerprint density at radius 1 is 0.971 bits per heavy atom. The van der Waals surface area contributed by atoms with Gasteiger partial charge in [-0.05, 0) is 35.3 Å². The van der Waals surface area contributed by atoms with Crippen molar-refractivity contribution in [3.05, 3.63) is 131 Å². The van der Waals surface area contributed by atoms with E-state index in [-0.39, 0.29) is 37.5 Å². The number of nitrogens with zero attached hydrogens (tertiary/aromatic N) is 3. The molecule has 0 aliphatic carbocycles. The molecule has 0 bridgehead atoms. The van der Waals surface area contributed by atoms with Crippen LogP contribution in [0.25, 0.3) is 27.7 Å². The molecular formula is C28H19F3IrN3. The Morgan fingerprint density at radius 3 is 2.63 bits per heavy atom. The number of hydrogen-bond donors (Lipinski definition) is 0. The Morgan fingerprint density at radius 2 is 1.80 bits per heavy atom. The van der Waals surface area contributed by atoms with E-state index < -0.39 is 17.5 Å². The number of hydrogen-bond acceptors (Lipinski definition) is 2. The van der Waals surface area contributed by atoms with Gasteiger partial charge in [-0.1, -0.05) is 60.5 Å². The SMILES string of the molecule is Fc1[c-]c(-c2ncccc2-c2ccccc2)c(F)cc1F.[Ir+3].[c-]1cccc2c1C1[N-]C=CN1CC2. The molecule has 6 rings (SSSR count). The molecule has 1 aromatic heterocycles. The van der Waals surface area contributed by atoms with Gasteiger partial charge in [0.1, 0.15) is 0 Å². The maximum atomic E-state index is 13.9. The number of aromatic nitrogens is 1. The van der Waals surface area contributed by atoms with Crippen LogP contribution in [-0.4, -0.2) is 16.4 Å². The molecule has 0 N–H and O–H groups in total. The minimum absolute atomic E-state index is 0. The molecule has 1 unspecified atom stereocenters. The van der Waals surface area contributed by atoms with E-state index in [1.54, 1.807) is 12.1 Å². The normalized spacial score (nSPS) is 15.2. The summed E-state index contributed by atoms with van der Waals surface area (Å²) < 4.78 is 40.3. The van der Waals surface area contributed by atoms with Crippen molar-refractivity contribution in [3.63, 3.8) is 0 Å². The van der Waals surface area contributed by atoms with Gasteiger partial charge < -0.3 is 15.2 Å². The zero-order valence-electron chi connectivity index (χ0n) is 18.4. The number of benzene rings is 3. The van der Waals surface area contributed by atoms with Gasteiger partial charge in [-0.3, -0.25) is 8.78 Å². The summed E-state index contributed by atoms with van der Waals surface area (Å²) in [4.78, 5) is 6.36. The first-order chi connectivity index (χ1) is 16.6. The molecule has 2 aliphatic rings. The minimum atomic E-state index is -1.27. The second-order valence-corrected chi connectivity index (χ2v) is 7.84. The Balaban J connectivity index is 0.000000177. The summed E-state index contributed by atoms with van der Waals surface area (Å²) >= 11 is 0. The van der Waals surface area contributed by atoms with Gasteiger partial charge in [-0.25, -0.2) is 4.39 Å². The minimum Gasteiger partial charge on any atom is -0.668 e. The molecule has 0 fully saturated rings. The summed E-state index contributed by atoms with van der Waals surface area (Å²) in [5.74, 6) is -3.39. The molecule has 3 aromatic carbocycles. The summed E-state index contributed by atoms with van der Waals surface area (Å²) in [5.41, 5.74) is 4.11. The largest absolute Gasteiger partial charge is 3.00 e. The van der Waals surface area contributed by atoms with Crippen LogP contribution in [0.4, 0.5) is 13.2 Å². The molecule has 1 atom stereocenters. The van der Waals surface area contributed by atoms with Crippen LogP contribution in [0.1, 0.15) is 17.3 Å². The number of fused-ring (bicyclic) bond motifs is 3. The van der Waals surface area contributed by atoms with Gasteiger partial charge >= 0.3 is 20.1 Å². The molecule has 7 heteroatoms. The summed E-state index contributed by atoms with van der Waals surface area (Å²) in [7, 11) is 0. The third-order valence-electron chi connectivity index (χ3n) is 5.74. The van der Waals surface area contributed by atoms with Crippen molar-refractivity contribution in [2.75, 3.05) is 6.54 Å². The maximum absolute atomic E-state index is 13.9. The van der Waals surface area contributed by atoms with E-state index >= 15 is 0 Å². The van der Waals surface area contributed by atoms with Gasteiger partial charge in [0, 0.05) is 18.6 Å². The molecule has 0 radical (unpaired) electrons. The van der Waals surface area contributed by atoms with Crippen molar-refractivity contribution in [3.8, 4) is 22.4 Å². The molecule has 0 saturated carbocycles. The standard InChI is InChI=1S/C17H9F3N.C11H10N2.Ir/c18-14-10-16(20)15(19)9-13(14)17-12(7-4-8-21-17)11-5-2-1-3-6-11;1-2-4-10-9(3-1)5-7-13-8-6-12-11(10)13;/h1-8,10H;1-3,6,8,11H,5,7H2;/q-1;-2;+3. The fourth-order valence-electron chi connectivity index (χ4n) is 4.11. The fourth-order valence-corrected chi connectivity index (χ4v) is 4.11. The summed E-state index contributed by atoms with van der Waals surface area (Å²) in [6.07, 6.45) is 6.75. The van der Waals surface area contributed by atoms with Gasteiger partial charge in [-0.2, -0.15) is 41.6 Å². The molecule has 0 amide bonds. The smallest absolute Gasteiger partial charge is 0.668 e. The predicted octanol–water partition coefficient (Wildman–Crippen LogP) is 6.83. The molecule has 176 valence electrons. The van der Waals surface area contributed by atoms with Crippen LogP contribution in [0.3, 0.4) is 0 Å². The van der Waals surface area contributed by atoms with Gasteiger partial charge in [0.25, 0.3) is 0 Å². The van der Waals surface area contributed by atoms with E-state index in [9.17, 15) is 13.2 Å². The second-order valence-electron chi connectivity index (χ2n) is 7.84. The molecule has 3 nitrogen and oxygen atoms in total. The van der Waals surface area contributed by atoms with Crippen LogP contribution in [0.2, 0.25) is 0 Å². The molecule has 2 aliphatic heterocycles. The number of halogens is 3. The average molecular weight is 647 g/mol. The van der Waals surface area contributed by atoms with Gasteiger partial charge in [0.15, 0.2) is 0 Å². The zero-order valence-corrected chi connectivity index (χ0v) is 20.8. The van der Waals surface area contributed by atoms with E-state index in [1.807, 2.05) is 42.6 Å². The van der Waals surface area contributed by atoms with Crippen molar-refractivity contribution in [2.45, 2.75) is 12.6 Å². The van der Waals surface area contributed by atoms with Crippen molar-refractivity contribution in [2.24, 2.45) is 0 Å². The van der Waals surface area contributed by atoms with Crippen LogP contribution >= 0.6 is 0 Å². The van der Waals surface area contributed by atoms with Crippen LogP contribution in [0.15, 0.2) is 85.3 Å². The molecule has 0 spiro atoms. The number of rotatable bonds is 2. The molecule has 3 heterocycles. The maximum Gasteiger partial charge on any atom is 3.00 e. The van der Waals surface area contributed by atoms with E-state index in [0.717, 1.165) is 18.5 Å². The monoisotopic (exact) mass is 647 g/mol. The number of pyridine rings is 1. The van der Waals surface area contributed by atoms with E-state index in [2.05, 4.69) is 45.7 Å². The van der Waals surface area contributed by atoms with Crippen molar-refractivity contribution < 1.29 is 33.3 Å². The topological polar surface area (TPSA) is 30.2 Å². The molecule has 35 heavy (non-hydrogen) atoms. The quantitative estimate of drug-likeness (QED) is 0.177. The Labute approximate surface area is 215 Å². The van der Waals surface area contributed by atoms with Crippen LogP contribution < -0.4 is 0 Å². The van der Waals surface area contributed by atoms with Gasteiger partial charge in [-0.15, -0.1) is 0 Å². The predicted molar refractivity (Wildman–Crippen MR) is 125 cm³/mol. The van der Waals surface area contributed by atoms with E-state index in [4.69, 9.17) is 0 Å². The van der Waals surface area contributed by atoms with Gasteiger partial charge in [0.2, 0.25) is 0 Å². The van der Waals surface area contributed by atoms with Crippen molar-refractivity contribution in [1.82, 2.24) is 9.88 Å².